The molecule has 2 aliphatic rings. The van der Waals surface area contributed by atoms with Gasteiger partial charge in [-0.15, -0.1) is 0 Å². The van der Waals surface area contributed by atoms with Crippen molar-refractivity contribution in [3.63, 3.8) is 0 Å². The van der Waals surface area contributed by atoms with Crippen LogP contribution < -0.4 is 5.32 Å². The Kier molecular flexibility index (Phi) is 3.23. The summed E-state index contributed by atoms with van der Waals surface area (Å²) in [6.45, 7) is 4.20. The zero-order chi connectivity index (χ0) is 11.8. The number of aliphatic hydroxyl groups is 1. The van der Waals surface area contributed by atoms with E-state index >= 15 is 0 Å². The number of nitriles is 1. The number of hydrogen-bond donors (Lipinski definition) is 2. The first kappa shape index (κ1) is 11.9. The highest BCUT2D eigenvalue weighted by Gasteiger charge is 2.48. The second-order valence-corrected chi connectivity index (χ2v) is 5.92. The molecule has 2 rings (SSSR count). The van der Waals surface area contributed by atoms with Crippen LogP contribution in [-0.2, 0) is 0 Å². The maximum atomic E-state index is 9.69. The monoisotopic (exact) mass is 222 g/mol. The average molecular weight is 222 g/mol. The highest BCUT2D eigenvalue weighted by atomic mass is 16.3. The Morgan fingerprint density at radius 1 is 1.31 bits per heavy atom. The molecule has 0 radical (unpaired) electrons. The van der Waals surface area contributed by atoms with Crippen LogP contribution in [0.25, 0.3) is 0 Å². The van der Waals surface area contributed by atoms with Crippen LogP contribution in [0.5, 0.6) is 0 Å². The fourth-order valence-electron chi connectivity index (χ4n) is 2.93. The maximum absolute atomic E-state index is 9.69. The molecule has 2 N–H and O–H groups in total. The van der Waals surface area contributed by atoms with E-state index in [9.17, 15) is 5.11 Å². The molecule has 0 aromatic heterocycles. The van der Waals surface area contributed by atoms with E-state index in [1.54, 1.807) is 0 Å². The molecule has 4 unspecified atom stereocenters. The lowest BCUT2D eigenvalue weighted by molar-refractivity contribution is -0.0782. The van der Waals surface area contributed by atoms with Crippen LogP contribution in [0, 0.1) is 22.7 Å². The minimum atomic E-state index is -0.186. The van der Waals surface area contributed by atoms with E-state index in [0.717, 1.165) is 19.3 Å². The van der Waals surface area contributed by atoms with Crippen molar-refractivity contribution < 1.29 is 5.11 Å². The summed E-state index contributed by atoms with van der Waals surface area (Å²) in [6.07, 6.45) is 5.21. The van der Waals surface area contributed by atoms with Crippen LogP contribution in [0.4, 0.5) is 0 Å². The second-order valence-electron chi connectivity index (χ2n) is 5.92. The first-order valence-corrected chi connectivity index (χ1v) is 6.39. The third-order valence-electron chi connectivity index (χ3n) is 4.56. The van der Waals surface area contributed by atoms with Crippen molar-refractivity contribution in [1.82, 2.24) is 5.32 Å². The van der Waals surface area contributed by atoms with E-state index in [1.165, 1.54) is 12.8 Å². The molecule has 3 nitrogen and oxygen atoms in total. The molecular formula is C13H22N2O. The summed E-state index contributed by atoms with van der Waals surface area (Å²) in [5.41, 5.74) is -0.0303. The number of rotatable bonds is 2. The second kappa shape index (κ2) is 4.35. The van der Waals surface area contributed by atoms with E-state index in [0.29, 0.717) is 12.1 Å². The molecule has 90 valence electrons. The molecule has 0 spiro atoms. The first-order chi connectivity index (χ1) is 7.55. The summed E-state index contributed by atoms with van der Waals surface area (Å²) in [5, 5.41) is 22.4. The summed E-state index contributed by atoms with van der Waals surface area (Å²) in [7, 11) is 0. The molecule has 0 aliphatic heterocycles. The van der Waals surface area contributed by atoms with Gasteiger partial charge in [0.15, 0.2) is 0 Å². The summed E-state index contributed by atoms with van der Waals surface area (Å²) < 4.78 is 0. The quantitative estimate of drug-likeness (QED) is 0.749. The smallest absolute Gasteiger partial charge is 0.0672 e. The third kappa shape index (κ3) is 1.97. The molecular weight excluding hydrogens is 200 g/mol. The van der Waals surface area contributed by atoms with E-state index in [2.05, 4.69) is 25.2 Å². The van der Waals surface area contributed by atoms with E-state index in [-0.39, 0.29) is 17.4 Å². The predicted octanol–water partition coefficient (Wildman–Crippen LogP) is 1.82. The van der Waals surface area contributed by atoms with Crippen molar-refractivity contribution in [1.29, 1.82) is 5.26 Å². The number of nitrogens with one attached hydrogen (secondary N) is 1. The lowest BCUT2D eigenvalue weighted by atomic mass is 9.64. The number of aliphatic hydroxyl groups excluding tert-OH is 1. The Labute approximate surface area is 97.8 Å². The van der Waals surface area contributed by atoms with Gasteiger partial charge in [0.2, 0.25) is 0 Å². The molecule has 2 saturated carbocycles. The third-order valence-corrected chi connectivity index (χ3v) is 4.56. The Morgan fingerprint density at radius 2 is 2.00 bits per heavy atom. The molecule has 2 aliphatic carbocycles. The Balaban J connectivity index is 1.92. The lowest BCUT2D eigenvalue weighted by Gasteiger charge is -2.51. The minimum Gasteiger partial charge on any atom is -0.392 e. The lowest BCUT2D eigenvalue weighted by Crippen LogP contribution is -2.63. The average Bonchev–Trinajstić information content (AvgIpc) is 2.29. The SMILES string of the molecule is CC1(C)C(O)CC1NC1CCCCC1C#N. The van der Waals surface area contributed by atoms with Crippen molar-refractivity contribution in [3.8, 4) is 6.07 Å². The van der Waals surface area contributed by atoms with E-state index in [4.69, 9.17) is 5.26 Å². The summed E-state index contributed by atoms with van der Waals surface area (Å²) >= 11 is 0. The van der Waals surface area contributed by atoms with Gasteiger partial charge in [0, 0.05) is 17.5 Å². The zero-order valence-corrected chi connectivity index (χ0v) is 10.2. The van der Waals surface area contributed by atoms with Crippen LogP contribution in [0.15, 0.2) is 0 Å². The van der Waals surface area contributed by atoms with Crippen LogP contribution in [-0.4, -0.2) is 23.3 Å². The molecule has 2 fully saturated rings. The van der Waals surface area contributed by atoms with Crippen LogP contribution in [0.3, 0.4) is 0 Å². The van der Waals surface area contributed by atoms with Crippen LogP contribution in [0.2, 0.25) is 0 Å². The Morgan fingerprint density at radius 3 is 2.56 bits per heavy atom. The molecule has 0 heterocycles. The van der Waals surface area contributed by atoms with Crippen molar-refractivity contribution in [3.05, 3.63) is 0 Å². The fourth-order valence-corrected chi connectivity index (χ4v) is 2.93. The maximum Gasteiger partial charge on any atom is 0.0672 e. The van der Waals surface area contributed by atoms with Crippen LogP contribution in [0.1, 0.15) is 46.0 Å². The van der Waals surface area contributed by atoms with Crippen molar-refractivity contribution in [2.75, 3.05) is 0 Å². The molecule has 0 bridgehead atoms. The highest BCUT2D eigenvalue weighted by molar-refractivity contribution is 5.05. The predicted molar refractivity (Wildman–Crippen MR) is 62.7 cm³/mol. The Bertz CT molecular complexity index is 295. The van der Waals surface area contributed by atoms with Gasteiger partial charge in [-0.2, -0.15) is 5.26 Å². The van der Waals surface area contributed by atoms with Gasteiger partial charge in [-0.05, 0) is 19.3 Å². The molecule has 0 aromatic rings. The topological polar surface area (TPSA) is 56.0 Å². The van der Waals surface area contributed by atoms with Crippen molar-refractivity contribution >= 4 is 0 Å². The molecule has 0 amide bonds. The van der Waals surface area contributed by atoms with Gasteiger partial charge in [-0.3, -0.25) is 0 Å². The van der Waals surface area contributed by atoms with Crippen molar-refractivity contribution in [2.24, 2.45) is 11.3 Å². The van der Waals surface area contributed by atoms with Gasteiger partial charge >= 0.3 is 0 Å². The zero-order valence-electron chi connectivity index (χ0n) is 10.2. The summed E-state index contributed by atoms with van der Waals surface area (Å²) in [6, 6.07) is 3.14. The normalized spacial score (nSPS) is 42.1. The highest BCUT2D eigenvalue weighted by Crippen LogP contribution is 2.41. The molecule has 0 aromatic carbocycles. The van der Waals surface area contributed by atoms with Gasteiger partial charge < -0.3 is 10.4 Å². The van der Waals surface area contributed by atoms with Gasteiger partial charge in [0.1, 0.15) is 0 Å². The van der Waals surface area contributed by atoms with E-state index in [1.807, 2.05) is 0 Å². The largest absolute Gasteiger partial charge is 0.392 e. The summed E-state index contributed by atoms with van der Waals surface area (Å²) in [4.78, 5) is 0. The fraction of sp³-hybridized carbons (Fsp3) is 0.923. The number of nitrogens with zero attached hydrogens (tertiary/aromatic N) is 1. The molecule has 4 atom stereocenters. The van der Waals surface area contributed by atoms with Gasteiger partial charge in [0.05, 0.1) is 18.1 Å². The minimum absolute atomic E-state index is 0.0303. The molecule has 3 heteroatoms. The van der Waals surface area contributed by atoms with Crippen LogP contribution >= 0.6 is 0 Å². The first-order valence-electron chi connectivity index (χ1n) is 6.39. The molecule has 0 saturated heterocycles. The standard InChI is InChI=1S/C13H22N2O/c1-13(2)11(7-12(13)16)15-10-6-4-3-5-9(10)8-14/h9-12,15-16H,3-7H2,1-2H3. The van der Waals surface area contributed by atoms with Gasteiger partial charge in [0.25, 0.3) is 0 Å². The van der Waals surface area contributed by atoms with Gasteiger partial charge in [-0.1, -0.05) is 26.7 Å². The summed E-state index contributed by atoms with van der Waals surface area (Å²) in [5.74, 6) is 0.169. The van der Waals surface area contributed by atoms with E-state index < -0.39 is 0 Å². The molecule has 16 heavy (non-hydrogen) atoms. The Hall–Kier alpha value is -0.590. The number of hydrogen-bond acceptors (Lipinski definition) is 3. The van der Waals surface area contributed by atoms with Crippen molar-refractivity contribution in [2.45, 2.75) is 64.1 Å². The van der Waals surface area contributed by atoms with Gasteiger partial charge in [-0.25, -0.2) is 0 Å².